The molecule has 2 aliphatic heterocycles. The van der Waals surface area contributed by atoms with Crippen molar-refractivity contribution in [3.05, 3.63) is 57.6 Å². The van der Waals surface area contributed by atoms with Gasteiger partial charge in [-0.25, -0.2) is 0 Å². The molecular weight excluding hydrogens is 481 g/mol. The molecule has 8 heteroatoms. The predicted octanol–water partition coefficient (Wildman–Crippen LogP) is 6.26. The fourth-order valence-electron chi connectivity index (χ4n) is 4.35. The van der Waals surface area contributed by atoms with E-state index in [1.54, 1.807) is 18.2 Å². The Morgan fingerprint density at radius 2 is 1.77 bits per heavy atom. The molecule has 1 saturated heterocycles. The van der Waals surface area contributed by atoms with Gasteiger partial charge in [-0.3, -0.25) is 14.7 Å². The first-order valence-electron chi connectivity index (χ1n) is 12.5. The number of hydrogen-bond donors (Lipinski definition) is 3. The van der Waals surface area contributed by atoms with Gasteiger partial charge in [0.1, 0.15) is 0 Å². The quantitative estimate of drug-likeness (QED) is 0.422. The van der Waals surface area contributed by atoms with Crippen molar-refractivity contribution in [3.8, 4) is 0 Å². The van der Waals surface area contributed by atoms with Crippen LogP contribution >= 0.6 is 23.2 Å². The molecule has 2 aromatic rings. The van der Waals surface area contributed by atoms with Crippen LogP contribution in [-0.4, -0.2) is 49.0 Å². The zero-order valence-electron chi connectivity index (χ0n) is 21.0. The molecule has 2 heterocycles. The Bertz CT molecular complexity index is 986. The van der Waals surface area contributed by atoms with E-state index >= 15 is 0 Å². The third-order valence-corrected chi connectivity index (χ3v) is 6.95. The van der Waals surface area contributed by atoms with Crippen molar-refractivity contribution >= 4 is 46.4 Å². The van der Waals surface area contributed by atoms with E-state index < -0.39 is 0 Å². The number of piperidine rings is 1. The Hall–Kier alpha value is -2.28. The van der Waals surface area contributed by atoms with Crippen molar-refractivity contribution in [3.63, 3.8) is 0 Å². The molecule has 2 aromatic carbocycles. The van der Waals surface area contributed by atoms with Gasteiger partial charge in [-0.05, 0) is 69.5 Å². The molecule has 0 saturated carbocycles. The molecule has 1 atom stereocenters. The summed E-state index contributed by atoms with van der Waals surface area (Å²) in [7, 11) is 0. The van der Waals surface area contributed by atoms with Crippen LogP contribution in [0.1, 0.15) is 50.2 Å². The van der Waals surface area contributed by atoms with Crippen molar-refractivity contribution in [1.29, 1.82) is 0 Å². The molecule has 0 spiro atoms. The van der Waals surface area contributed by atoms with Gasteiger partial charge >= 0.3 is 0 Å². The van der Waals surface area contributed by atoms with Gasteiger partial charge in [0.05, 0.1) is 28.3 Å². The zero-order valence-corrected chi connectivity index (χ0v) is 22.5. The summed E-state index contributed by atoms with van der Waals surface area (Å²) in [5.41, 5.74) is 3.96. The van der Waals surface area contributed by atoms with Gasteiger partial charge in [0.2, 0.25) is 5.91 Å². The lowest BCUT2D eigenvalue weighted by atomic mass is 10.00. The summed E-state index contributed by atoms with van der Waals surface area (Å²) < 4.78 is 0. The number of benzene rings is 2. The number of guanidine groups is 1. The van der Waals surface area contributed by atoms with Crippen LogP contribution in [0, 0.1) is 13.8 Å². The number of halogens is 2. The highest BCUT2D eigenvalue weighted by atomic mass is 35.5. The average Bonchev–Trinajstić information content (AvgIpc) is 3.36. The number of unbranched alkanes of at least 4 members (excludes halogenated alkanes) is 1. The van der Waals surface area contributed by atoms with E-state index in [1.807, 2.05) is 6.07 Å². The Morgan fingerprint density at radius 3 is 2.40 bits per heavy atom. The molecule has 0 bridgehead atoms. The Morgan fingerprint density at radius 1 is 1.09 bits per heavy atom. The number of likely N-dealkylation sites (tertiary alicyclic amines) is 1. The molecule has 6 nitrogen and oxygen atoms in total. The number of hydrogen-bond acceptors (Lipinski definition) is 5. The minimum atomic E-state index is 0.0457. The minimum absolute atomic E-state index is 0.0457. The number of nitrogens with one attached hydrogen (secondary N) is 3. The van der Waals surface area contributed by atoms with Gasteiger partial charge in [-0.2, -0.15) is 0 Å². The lowest BCUT2D eigenvalue weighted by Crippen LogP contribution is -2.47. The zero-order chi connectivity index (χ0) is 25.2. The fraction of sp³-hybridized carbons (Fsp3) is 0.481. The Balaban J connectivity index is 0.000000211. The molecule has 1 unspecified atom stereocenters. The minimum Gasteiger partial charge on any atom is -0.354 e. The van der Waals surface area contributed by atoms with Crippen molar-refractivity contribution in [2.45, 2.75) is 58.9 Å². The van der Waals surface area contributed by atoms with Crippen LogP contribution in [0.25, 0.3) is 0 Å². The van der Waals surface area contributed by atoms with E-state index in [0.717, 1.165) is 61.8 Å². The molecule has 0 aliphatic carbocycles. The van der Waals surface area contributed by atoms with Crippen LogP contribution in [0.5, 0.6) is 0 Å². The first-order valence-corrected chi connectivity index (χ1v) is 13.3. The van der Waals surface area contributed by atoms with Crippen LogP contribution in [0.4, 0.5) is 11.4 Å². The maximum atomic E-state index is 12.7. The number of aryl methyl sites for hydroxylation is 2. The van der Waals surface area contributed by atoms with Gasteiger partial charge < -0.3 is 16.0 Å². The number of aliphatic imine (C=N–C) groups is 1. The maximum Gasteiger partial charge on any atom is 0.241 e. The normalized spacial score (nSPS) is 17.6. The lowest BCUT2D eigenvalue weighted by Gasteiger charge is -2.34. The standard InChI is InChI=1S/C18H28N2O.C9H9Cl2N3/c1-4-5-12-20-13-7-6-11-16(20)18(21)19-17-14(2)9-8-10-15(17)3;10-6-2-1-3-7(11)8(6)14-9-12-4-5-13-9/h8-10,16H,4-7,11-13H2,1-3H3,(H,19,21);1-3H,4-5H2,(H2,12,13,14). The number of amides is 1. The number of para-hydroxylation sites is 2. The second-order valence-corrected chi connectivity index (χ2v) is 9.85. The van der Waals surface area contributed by atoms with Crippen molar-refractivity contribution < 1.29 is 4.79 Å². The summed E-state index contributed by atoms with van der Waals surface area (Å²) in [5.74, 6) is 0.892. The summed E-state index contributed by atoms with van der Waals surface area (Å²) >= 11 is 12.0. The summed E-state index contributed by atoms with van der Waals surface area (Å²) in [4.78, 5) is 19.3. The smallest absolute Gasteiger partial charge is 0.241 e. The number of carbonyl (C=O) groups is 1. The molecule has 2 aliphatic rings. The molecule has 35 heavy (non-hydrogen) atoms. The highest BCUT2D eigenvalue weighted by Gasteiger charge is 2.28. The number of rotatable bonds is 6. The van der Waals surface area contributed by atoms with Gasteiger partial charge in [-0.1, -0.05) is 67.2 Å². The van der Waals surface area contributed by atoms with Crippen LogP contribution in [0.3, 0.4) is 0 Å². The number of carbonyl (C=O) groups excluding carboxylic acids is 1. The summed E-state index contributed by atoms with van der Waals surface area (Å²) in [5, 5.41) is 10.5. The molecule has 4 rings (SSSR count). The van der Waals surface area contributed by atoms with Crippen LogP contribution in [0.15, 0.2) is 41.4 Å². The first-order chi connectivity index (χ1) is 16.9. The largest absolute Gasteiger partial charge is 0.354 e. The first kappa shape index (κ1) is 27.3. The molecule has 1 amide bonds. The number of nitrogens with zero attached hydrogens (tertiary/aromatic N) is 2. The van der Waals surface area contributed by atoms with E-state index in [2.05, 4.69) is 58.7 Å². The van der Waals surface area contributed by atoms with E-state index in [9.17, 15) is 4.79 Å². The summed E-state index contributed by atoms with van der Waals surface area (Å²) in [6.07, 6.45) is 5.72. The molecular formula is C27H37Cl2N5O. The Labute approximate surface area is 219 Å². The topological polar surface area (TPSA) is 68.8 Å². The predicted molar refractivity (Wildman–Crippen MR) is 149 cm³/mol. The second-order valence-electron chi connectivity index (χ2n) is 9.04. The van der Waals surface area contributed by atoms with Crippen LogP contribution < -0.4 is 16.0 Å². The second kappa shape index (κ2) is 13.7. The summed E-state index contributed by atoms with van der Waals surface area (Å²) in [6, 6.07) is 11.6. The molecule has 0 aromatic heterocycles. The fourth-order valence-corrected chi connectivity index (χ4v) is 4.84. The van der Waals surface area contributed by atoms with Crippen molar-refractivity contribution in [2.75, 3.05) is 36.8 Å². The monoisotopic (exact) mass is 517 g/mol. The SMILES string of the molecule is CCCCN1CCCCC1C(=O)Nc1c(C)cccc1C.Clc1cccc(Cl)c1NC1=NCCN1. The van der Waals surface area contributed by atoms with Gasteiger partial charge in [-0.15, -0.1) is 0 Å². The lowest BCUT2D eigenvalue weighted by molar-refractivity contribution is -0.122. The molecule has 0 radical (unpaired) electrons. The molecule has 3 N–H and O–H groups in total. The molecule has 1 fully saturated rings. The van der Waals surface area contributed by atoms with Gasteiger partial charge in [0, 0.05) is 12.2 Å². The maximum absolute atomic E-state index is 12.7. The Kier molecular flexibility index (Phi) is 10.7. The van der Waals surface area contributed by atoms with E-state index in [4.69, 9.17) is 23.2 Å². The van der Waals surface area contributed by atoms with Crippen LogP contribution in [-0.2, 0) is 4.79 Å². The molecule has 190 valence electrons. The average molecular weight is 519 g/mol. The highest BCUT2D eigenvalue weighted by molar-refractivity contribution is 6.39. The third kappa shape index (κ3) is 7.86. The van der Waals surface area contributed by atoms with Crippen molar-refractivity contribution in [2.24, 2.45) is 4.99 Å². The van der Waals surface area contributed by atoms with E-state index in [0.29, 0.717) is 15.7 Å². The van der Waals surface area contributed by atoms with Crippen molar-refractivity contribution in [1.82, 2.24) is 10.2 Å². The van der Waals surface area contributed by atoms with Gasteiger partial charge in [0.15, 0.2) is 5.96 Å². The highest BCUT2D eigenvalue weighted by Crippen LogP contribution is 2.29. The number of anilines is 2. The summed E-state index contributed by atoms with van der Waals surface area (Å²) in [6.45, 7) is 10.0. The van der Waals surface area contributed by atoms with Gasteiger partial charge in [0.25, 0.3) is 0 Å². The van der Waals surface area contributed by atoms with E-state index in [1.165, 1.54) is 19.3 Å². The van der Waals surface area contributed by atoms with E-state index in [-0.39, 0.29) is 11.9 Å². The third-order valence-electron chi connectivity index (χ3n) is 6.32. The van der Waals surface area contributed by atoms with Crippen LogP contribution in [0.2, 0.25) is 10.0 Å².